The summed E-state index contributed by atoms with van der Waals surface area (Å²) in [6.45, 7) is 0.882. The van der Waals surface area contributed by atoms with Crippen molar-refractivity contribution in [2.75, 3.05) is 20.8 Å². The monoisotopic (exact) mass is 342 g/mol. The predicted molar refractivity (Wildman–Crippen MR) is 94.3 cm³/mol. The van der Waals surface area contributed by atoms with Gasteiger partial charge in [0.2, 0.25) is 0 Å². The lowest BCUT2D eigenvalue weighted by molar-refractivity contribution is 0.214. The van der Waals surface area contributed by atoms with Gasteiger partial charge in [-0.05, 0) is 47.9 Å². The van der Waals surface area contributed by atoms with Crippen LogP contribution in [0.4, 0.5) is 4.79 Å². The molecule has 0 aromatic heterocycles. The molecule has 0 fully saturated rings. The third-order valence-corrected chi connectivity index (χ3v) is 4.10. The van der Waals surface area contributed by atoms with Gasteiger partial charge in [0.1, 0.15) is 23.9 Å². The SMILES string of the molecule is COc1cccc(CNC(=O)N[C@@H]2COc3ccc(OC)cc3C2)c1. The topological polar surface area (TPSA) is 68.8 Å². The zero-order chi connectivity index (χ0) is 17.6. The van der Waals surface area contributed by atoms with E-state index in [-0.39, 0.29) is 12.1 Å². The number of methoxy groups -OCH3 is 2. The zero-order valence-electron chi connectivity index (χ0n) is 14.4. The second kappa shape index (κ2) is 7.79. The summed E-state index contributed by atoms with van der Waals surface area (Å²) in [5.41, 5.74) is 2.01. The molecule has 25 heavy (non-hydrogen) atoms. The van der Waals surface area contributed by atoms with Crippen LogP contribution >= 0.6 is 0 Å². The number of hydrogen-bond acceptors (Lipinski definition) is 4. The molecule has 2 amide bonds. The summed E-state index contributed by atoms with van der Waals surface area (Å²) in [7, 11) is 3.25. The molecule has 6 heteroatoms. The Labute approximate surface area is 147 Å². The summed E-state index contributed by atoms with van der Waals surface area (Å²) in [6.07, 6.45) is 0.707. The molecule has 2 N–H and O–H groups in total. The Balaban J connectivity index is 1.53. The minimum atomic E-state index is -0.220. The molecule has 2 aromatic rings. The van der Waals surface area contributed by atoms with Gasteiger partial charge in [-0.3, -0.25) is 0 Å². The van der Waals surface area contributed by atoms with Crippen molar-refractivity contribution in [3.8, 4) is 17.2 Å². The van der Waals surface area contributed by atoms with Crippen molar-refractivity contribution in [3.05, 3.63) is 53.6 Å². The molecule has 1 aliphatic rings. The van der Waals surface area contributed by atoms with Crippen molar-refractivity contribution < 1.29 is 19.0 Å². The summed E-state index contributed by atoms with van der Waals surface area (Å²) in [4.78, 5) is 12.1. The number of urea groups is 1. The van der Waals surface area contributed by atoms with Gasteiger partial charge in [0, 0.05) is 6.54 Å². The fraction of sp³-hybridized carbons (Fsp3) is 0.316. The van der Waals surface area contributed by atoms with E-state index in [0.717, 1.165) is 28.4 Å². The van der Waals surface area contributed by atoms with Gasteiger partial charge in [0.25, 0.3) is 0 Å². The summed E-state index contributed by atoms with van der Waals surface area (Å²) >= 11 is 0. The Morgan fingerprint density at radius 3 is 2.76 bits per heavy atom. The van der Waals surface area contributed by atoms with Crippen LogP contribution in [-0.4, -0.2) is 32.9 Å². The highest BCUT2D eigenvalue weighted by atomic mass is 16.5. The van der Waals surface area contributed by atoms with Crippen LogP contribution in [-0.2, 0) is 13.0 Å². The van der Waals surface area contributed by atoms with E-state index in [1.807, 2.05) is 42.5 Å². The van der Waals surface area contributed by atoms with E-state index in [1.165, 1.54) is 0 Å². The fourth-order valence-electron chi connectivity index (χ4n) is 2.79. The Kier molecular flexibility index (Phi) is 5.28. The second-order valence-corrected chi connectivity index (χ2v) is 5.86. The first-order valence-corrected chi connectivity index (χ1v) is 8.15. The molecule has 1 aliphatic heterocycles. The summed E-state index contributed by atoms with van der Waals surface area (Å²) in [5, 5.41) is 5.81. The van der Waals surface area contributed by atoms with Gasteiger partial charge < -0.3 is 24.8 Å². The van der Waals surface area contributed by atoms with Crippen molar-refractivity contribution in [2.24, 2.45) is 0 Å². The lowest BCUT2D eigenvalue weighted by Gasteiger charge is -2.26. The summed E-state index contributed by atoms with van der Waals surface area (Å²) in [6, 6.07) is 13.0. The smallest absolute Gasteiger partial charge is 0.315 e. The number of amides is 2. The van der Waals surface area contributed by atoms with Crippen LogP contribution in [0.3, 0.4) is 0 Å². The highest BCUT2D eigenvalue weighted by Crippen LogP contribution is 2.28. The molecule has 0 saturated carbocycles. The molecular weight excluding hydrogens is 320 g/mol. The lowest BCUT2D eigenvalue weighted by Crippen LogP contribution is -2.47. The van der Waals surface area contributed by atoms with Gasteiger partial charge in [-0.15, -0.1) is 0 Å². The van der Waals surface area contributed by atoms with Crippen LogP contribution in [0.2, 0.25) is 0 Å². The van der Waals surface area contributed by atoms with Gasteiger partial charge in [-0.1, -0.05) is 12.1 Å². The number of benzene rings is 2. The number of rotatable bonds is 5. The normalized spacial score (nSPS) is 15.5. The Hall–Kier alpha value is -2.89. The number of carbonyl (C=O) groups is 1. The third kappa shape index (κ3) is 4.35. The maximum Gasteiger partial charge on any atom is 0.315 e. The van der Waals surface area contributed by atoms with Crippen LogP contribution in [0.25, 0.3) is 0 Å². The first-order valence-electron chi connectivity index (χ1n) is 8.15. The van der Waals surface area contributed by atoms with Crippen LogP contribution in [0.1, 0.15) is 11.1 Å². The van der Waals surface area contributed by atoms with E-state index >= 15 is 0 Å². The summed E-state index contributed by atoms with van der Waals surface area (Å²) < 4.78 is 16.1. The van der Waals surface area contributed by atoms with Gasteiger partial charge in [-0.2, -0.15) is 0 Å². The molecule has 0 saturated heterocycles. The second-order valence-electron chi connectivity index (χ2n) is 5.86. The third-order valence-electron chi connectivity index (χ3n) is 4.10. The molecule has 3 rings (SSSR count). The average molecular weight is 342 g/mol. The molecule has 6 nitrogen and oxygen atoms in total. The number of hydrogen-bond donors (Lipinski definition) is 2. The van der Waals surface area contributed by atoms with Gasteiger partial charge in [0.05, 0.1) is 20.3 Å². The Morgan fingerprint density at radius 1 is 1.16 bits per heavy atom. The van der Waals surface area contributed by atoms with Gasteiger partial charge in [0.15, 0.2) is 0 Å². The minimum absolute atomic E-state index is 0.0788. The number of ether oxygens (including phenoxy) is 3. The molecule has 0 radical (unpaired) electrons. The molecular formula is C19H22N2O4. The van der Waals surface area contributed by atoms with E-state index in [9.17, 15) is 4.79 Å². The highest BCUT2D eigenvalue weighted by molar-refractivity contribution is 5.74. The van der Waals surface area contributed by atoms with Crippen LogP contribution in [0.5, 0.6) is 17.2 Å². The van der Waals surface area contributed by atoms with E-state index in [4.69, 9.17) is 14.2 Å². The van der Waals surface area contributed by atoms with E-state index < -0.39 is 0 Å². The van der Waals surface area contributed by atoms with Gasteiger partial charge in [-0.25, -0.2) is 4.79 Å². The van der Waals surface area contributed by atoms with Crippen molar-refractivity contribution >= 4 is 6.03 Å². The number of fused-ring (bicyclic) bond motifs is 1. The van der Waals surface area contributed by atoms with Crippen LogP contribution < -0.4 is 24.8 Å². The zero-order valence-corrected chi connectivity index (χ0v) is 14.4. The van der Waals surface area contributed by atoms with Crippen molar-refractivity contribution in [1.29, 1.82) is 0 Å². The Bertz CT molecular complexity index is 748. The fourth-order valence-corrected chi connectivity index (χ4v) is 2.79. The van der Waals surface area contributed by atoms with Gasteiger partial charge >= 0.3 is 6.03 Å². The van der Waals surface area contributed by atoms with E-state index in [1.54, 1.807) is 14.2 Å². The largest absolute Gasteiger partial charge is 0.497 e. The first-order chi connectivity index (χ1) is 12.2. The predicted octanol–water partition coefficient (Wildman–Crippen LogP) is 2.51. The standard InChI is InChI=1S/C19H22N2O4/c1-23-16-5-3-4-13(8-16)11-20-19(22)21-15-9-14-10-17(24-2)6-7-18(14)25-12-15/h3-8,10,15H,9,11-12H2,1-2H3,(H2,20,21,22)/t15-/m0/s1. The molecule has 0 unspecified atom stereocenters. The molecule has 2 aromatic carbocycles. The first kappa shape index (κ1) is 17.0. The minimum Gasteiger partial charge on any atom is -0.497 e. The maximum absolute atomic E-state index is 12.1. The van der Waals surface area contributed by atoms with Crippen LogP contribution in [0, 0.1) is 0 Å². The van der Waals surface area contributed by atoms with Crippen molar-refractivity contribution in [2.45, 2.75) is 19.0 Å². The molecule has 0 bridgehead atoms. The molecule has 1 heterocycles. The maximum atomic E-state index is 12.1. The molecule has 0 spiro atoms. The average Bonchev–Trinajstić information content (AvgIpc) is 2.66. The van der Waals surface area contributed by atoms with Crippen molar-refractivity contribution in [3.63, 3.8) is 0 Å². The highest BCUT2D eigenvalue weighted by Gasteiger charge is 2.21. The number of carbonyl (C=O) groups excluding carboxylic acids is 1. The number of nitrogens with one attached hydrogen (secondary N) is 2. The summed E-state index contributed by atoms with van der Waals surface area (Å²) in [5.74, 6) is 2.40. The van der Waals surface area contributed by atoms with Crippen molar-refractivity contribution in [1.82, 2.24) is 10.6 Å². The lowest BCUT2D eigenvalue weighted by atomic mass is 10.0. The quantitative estimate of drug-likeness (QED) is 0.876. The molecule has 0 aliphatic carbocycles. The molecule has 132 valence electrons. The van der Waals surface area contributed by atoms with E-state index in [0.29, 0.717) is 19.6 Å². The Morgan fingerprint density at radius 2 is 1.96 bits per heavy atom. The van der Waals surface area contributed by atoms with E-state index in [2.05, 4.69) is 10.6 Å². The molecule has 1 atom stereocenters. The van der Waals surface area contributed by atoms with Crippen LogP contribution in [0.15, 0.2) is 42.5 Å².